The van der Waals surface area contributed by atoms with Crippen LogP contribution in [-0.2, 0) is 19.1 Å². The highest BCUT2D eigenvalue weighted by molar-refractivity contribution is 6.00. The van der Waals surface area contributed by atoms with Gasteiger partial charge in [-0.2, -0.15) is 0 Å². The predicted molar refractivity (Wildman–Crippen MR) is 84.9 cm³/mol. The van der Waals surface area contributed by atoms with Gasteiger partial charge in [-0.05, 0) is 26.0 Å². The molecule has 1 aromatic carbocycles. The minimum atomic E-state index is -1.17. The molecule has 3 N–H and O–H groups in total. The SMILES string of the molecule is Cc1ccc(N2C[C@H](C(=O)O[C@H](C)C(=O)NC(N)=O)CC2=O)cc1. The Labute approximate surface area is 138 Å². The quantitative estimate of drug-likeness (QED) is 0.777. The first-order valence-corrected chi connectivity index (χ1v) is 7.45. The van der Waals surface area contributed by atoms with Crippen LogP contribution in [0.15, 0.2) is 24.3 Å². The van der Waals surface area contributed by atoms with Gasteiger partial charge >= 0.3 is 12.0 Å². The molecule has 0 unspecified atom stereocenters. The molecule has 0 saturated carbocycles. The maximum atomic E-state index is 12.1. The number of carbonyl (C=O) groups excluding carboxylic acids is 4. The summed E-state index contributed by atoms with van der Waals surface area (Å²) in [6.07, 6.45) is -1.16. The molecule has 0 spiro atoms. The summed E-state index contributed by atoms with van der Waals surface area (Å²) in [5.74, 6) is -2.32. The molecule has 1 heterocycles. The Hall–Kier alpha value is -2.90. The van der Waals surface area contributed by atoms with Crippen molar-refractivity contribution in [1.29, 1.82) is 0 Å². The molecule has 0 radical (unpaired) electrons. The third kappa shape index (κ3) is 4.09. The lowest BCUT2D eigenvalue weighted by molar-refractivity contribution is -0.158. The summed E-state index contributed by atoms with van der Waals surface area (Å²) in [5.41, 5.74) is 6.61. The van der Waals surface area contributed by atoms with Crippen molar-refractivity contribution in [1.82, 2.24) is 5.32 Å². The third-order valence-electron chi connectivity index (χ3n) is 3.71. The molecular weight excluding hydrogens is 314 g/mol. The lowest BCUT2D eigenvalue weighted by Crippen LogP contribution is -2.42. The van der Waals surface area contributed by atoms with E-state index in [1.807, 2.05) is 36.5 Å². The molecule has 1 fully saturated rings. The van der Waals surface area contributed by atoms with Crippen LogP contribution in [0.2, 0.25) is 0 Å². The standard InChI is InChI=1S/C16H19N3O5/c1-9-3-5-12(6-4-9)19-8-11(7-13(19)20)15(22)24-10(2)14(21)18-16(17)23/h3-6,10-11H,7-8H2,1-2H3,(H3,17,18,21,23)/t10-,11-/m1/s1. The number of nitrogens with one attached hydrogen (secondary N) is 1. The zero-order valence-corrected chi connectivity index (χ0v) is 13.4. The van der Waals surface area contributed by atoms with Crippen LogP contribution in [0.4, 0.5) is 10.5 Å². The summed E-state index contributed by atoms with van der Waals surface area (Å²) >= 11 is 0. The largest absolute Gasteiger partial charge is 0.452 e. The summed E-state index contributed by atoms with van der Waals surface area (Å²) in [6.45, 7) is 3.45. The lowest BCUT2D eigenvalue weighted by atomic mass is 10.1. The number of rotatable bonds is 4. The Bertz CT molecular complexity index is 671. The summed E-state index contributed by atoms with van der Waals surface area (Å²) in [4.78, 5) is 47.9. The van der Waals surface area contributed by atoms with Gasteiger partial charge in [-0.1, -0.05) is 17.7 Å². The number of amides is 4. The van der Waals surface area contributed by atoms with Crippen molar-refractivity contribution in [3.05, 3.63) is 29.8 Å². The number of carbonyl (C=O) groups is 4. The van der Waals surface area contributed by atoms with Crippen LogP contribution < -0.4 is 16.0 Å². The minimum absolute atomic E-state index is 0.0108. The van der Waals surface area contributed by atoms with Crippen LogP contribution in [0.1, 0.15) is 18.9 Å². The summed E-state index contributed by atoms with van der Waals surface area (Å²) in [6, 6.07) is 6.35. The molecule has 0 aromatic heterocycles. The second kappa shape index (κ2) is 7.12. The molecule has 1 aromatic rings. The normalized spacial score (nSPS) is 18.2. The van der Waals surface area contributed by atoms with Gasteiger partial charge in [0.2, 0.25) is 5.91 Å². The van der Waals surface area contributed by atoms with E-state index in [1.54, 1.807) is 0 Å². The van der Waals surface area contributed by atoms with Crippen molar-refractivity contribution in [2.45, 2.75) is 26.4 Å². The van der Waals surface area contributed by atoms with E-state index in [0.717, 1.165) is 5.56 Å². The molecule has 1 saturated heterocycles. The maximum absolute atomic E-state index is 12.1. The first-order valence-electron chi connectivity index (χ1n) is 7.45. The molecular formula is C16H19N3O5. The number of hydrogen-bond donors (Lipinski definition) is 2. The number of imide groups is 1. The van der Waals surface area contributed by atoms with Gasteiger partial charge < -0.3 is 15.4 Å². The Morgan fingerprint density at radius 1 is 1.29 bits per heavy atom. The van der Waals surface area contributed by atoms with E-state index in [2.05, 4.69) is 0 Å². The highest BCUT2D eigenvalue weighted by atomic mass is 16.5. The van der Waals surface area contributed by atoms with Gasteiger partial charge in [0.25, 0.3) is 5.91 Å². The average molecular weight is 333 g/mol. The number of benzene rings is 1. The Morgan fingerprint density at radius 3 is 2.50 bits per heavy atom. The number of primary amides is 1. The van der Waals surface area contributed by atoms with Crippen LogP contribution >= 0.6 is 0 Å². The third-order valence-corrected chi connectivity index (χ3v) is 3.71. The van der Waals surface area contributed by atoms with E-state index in [0.29, 0.717) is 5.69 Å². The number of ether oxygens (including phenoxy) is 1. The molecule has 2 atom stereocenters. The van der Waals surface area contributed by atoms with Crippen LogP contribution in [-0.4, -0.2) is 36.5 Å². The molecule has 128 valence electrons. The van der Waals surface area contributed by atoms with Gasteiger partial charge in [-0.25, -0.2) is 4.79 Å². The Kier molecular flexibility index (Phi) is 5.18. The monoisotopic (exact) mass is 333 g/mol. The van der Waals surface area contributed by atoms with Gasteiger partial charge in [0.05, 0.1) is 5.92 Å². The lowest BCUT2D eigenvalue weighted by Gasteiger charge is -2.17. The molecule has 24 heavy (non-hydrogen) atoms. The zero-order valence-electron chi connectivity index (χ0n) is 13.4. The smallest absolute Gasteiger partial charge is 0.318 e. The van der Waals surface area contributed by atoms with Crippen molar-refractivity contribution in [2.75, 3.05) is 11.4 Å². The molecule has 0 aliphatic carbocycles. The molecule has 0 bridgehead atoms. The van der Waals surface area contributed by atoms with Crippen LogP contribution in [0.5, 0.6) is 0 Å². The molecule has 1 aliphatic heterocycles. The fourth-order valence-corrected chi connectivity index (χ4v) is 2.39. The highest BCUT2D eigenvalue weighted by Gasteiger charge is 2.37. The number of nitrogens with zero attached hydrogens (tertiary/aromatic N) is 1. The molecule has 2 rings (SSSR count). The second-order valence-electron chi connectivity index (χ2n) is 5.67. The van der Waals surface area contributed by atoms with E-state index in [4.69, 9.17) is 10.5 Å². The first-order chi connectivity index (χ1) is 11.3. The first kappa shape index (κ1) is 17.5. The van der Waals surface area contributed by atoms with Crippen molar-refractivity contribution >= 4 is 29.5 Å². The number of aryl methyl sites for hydroxylation is 1. The predicted octanol–water partition coefficient (Wildman–Crippen LogP) is 0.475. The fraction of sp³-hybridized carbons (Fsp3) is 0.375. The number of hydrogen-bond acceptors (Lipinski definition) is 5. The van der Waals surface area contributed by atoms with E-state index in [1.165, 1.54) is 11.8 Å². The van der Waals surface area contributed by atoms with Crippen LogP contribution in [0, 0.1) is 12.8 Å². The minimum Gasteiger partial charge on any atom is -0.452 e. The number of anilines is 1. The van der Waals surface area contributed by atoms with Crippen molar-refractivity contribution in [3.8, 4) is 0 Å². The summed E-state index contributed by atoms with van der Waals surface area (Å²) < 4.78 is 5.01. The van der Waals surface area contributed by atoms with E-state index in [-0.39, 0.29) is 18.9 Å². The van der Waals surface area contributed by atoms with Crippen molar-refractivity contribution < 1.29 is 23.9 Å². The van der Waals surface area contributed by atoms with Crippen LogP contribution in [0.25, 0.3) is 0 Å². The van der Waals surface area contributed by atoms with E-state index >= 15 is 0 Å². The second-order valence-corrected chi connectivity index (χ2v) is 5.67. The maximum Gasteiger partial charge on any atom is 0.318 e. The fourth-order valence-electron chi connectivity index (χ4n) is 2.39. The molecule has 8 nitrogen and oxygen atoms in total. The zero-order chi connectivity index (χ0) is 17.9. The van der Waals surface area contributed by atoms with Gasteiger partial charge in [-0.15, -0.1) is 0 Å². The molecule has 4 amide bonds. The topological polar surface area (TPSA) is 119 Å². The van der Waals surface area contributed by atoms with Crippen molar-refractivity contribution in [3.63, 3.8) is 0 Å². The van der Waals surface area contributed by atoms with E-state index in [9.17, 15) is 19.2 Å². The Morgan fingerprint density at radius 2 is 1.92 bits per heavy atom. The number of urea groups is 1. The Balaban J connectivity index is 1.97. The summed E-state index contributed by atoms with van der Waals surface area (Å²) in [5, 5.41) is 1.83. The number of nitrogens with two attached hydrogens (primary N) is 1. The van der Waals surface area contributed by atoms with Gasteiger partial charge in [0.1, 0.15) is 0 Å². The average Bonchev–Trinajstić information content (AvgIpc) is 2.89. The molecule has 1 aliphatic rings. The van der Waals surface area contributed by atoms with Crippen LogP contribution in [0.3, 0.4) is 0 Å². The van der Waals surface area contributed by atoms with E-state index < -0.39 is 29.9 Å². The van der Waals surface area contributed by atoms with Gasteiger partial charge in [0.15, 0.2) is 6.10 Å². The van der Waals surface area contributed by atoms with Crippen molar-refractivity contribution in [2.24, 2.45) is 11.7 Å². The summed E-state index contributed by atoms with van der Waals surface area (Å²) in [7, 11) is 0. The highest BCUT2D eigenvalue weighted by Crippen LogP contribution is 2.26. The number of esters is 1. The van der Waals surface area contributed by atoms with Gasteiger partial charge in [-0.3, -0.25) is 19.7 Å². The molecule has 8 heteroatoms. The van der Waals surface area contributed by atoms with Gasteiger partial charge in [0, 0.05) is 18.7 Å².